The Bertz CT molecular complexity index is 593. The lowest BCUT2D eigenvalue weighted by Gasteiger charge is -2.24. The van der Waals surface area contributed by atoms with Crippen molar-refractivity contribution in [3.8, 4) is 0 Å². The molecule has 0 bridgehead atoms. The maximum atomic E-state index is 6.02. The third kappa shape index (κ3) is 3.05. The molecule has 0 aliphatic rings. The van der Waals surface area contributed by atoms with Crippen LogP contribution in [0.4, 0.5) is 11.4 Å². The molecule has 19 heavy (non-hydrogen) atoms. The number of aryl methyl sites for hydroxylation is 2. The van der Waals surface area contributed by atoms with Crippen molar-refractivity contribution in [3.63, 3.8) is 0 Å². The number of nitrogens with zero attached hydrogens (tertiary/aromatic N) is 1. The first-order valence-electron chi connectivity index (χ1n) is 6.18. The molecule has 0 heterocycles. The van der Waals surface area contributed by atoms with Crippen molar-refractivity contribution in [1.82, 2.24) is 0 Å². The van der Waals surface area contributed by atoms with Crippen molar-refractivity contribution in [2.45, 2.75) is 19.7 Å². The molecule has 0 aliphatic carbocycles. The van der Waals surface area contributed by atoms with E-state index >= 15 is 0 Å². The van der Waals surface area contributed by atoms with Crippen LogP contribution in [0.25, 0.3) is 0 Å². The second-order valence-electron chi connectivity index (χ2n) is 4.76. The van der Waals surface area contributed by atoms with Gasteiger partial charge in [-0.15, -0.1) is 11.6 Å². The van der Waals surface area contributed by atoms with Crippen LogP contribution in [0.15, 0.2) is 36.4 Å². The maximum absolute atomic E-state index is 6.02. The number of hydrogen-bond acceptors (Lipinski definition) is 1. The number of anilines is 2. The molecule has 0 spiro atoms. The Morgan fingerprint density at radius 2 is 1.68 bits per heavy atom. The van der Waals surface area contributed by atoms with Gasteiger partial charge in [0.1, 0.15) is 0 Å². The number of rotatable bonds is 3. The second-order valence-corrected chi connectivity index (χ2v) is 5.46. The van der Waals surface area contributed by atoms with Gasteiger partial charge in [0, 0.05) is 29.3 Å². The average molecular weight is 294 g/mol. The Morgan fingerprint density at radius 3 is 2.32 bits per heavy atom. The van der Waals surface area contributed by atoms with Gasteiger partial charge in [0.15, 0.2) is 0 Å². The third-order valence-electron chi connectivity index (χ3n) is 3.26. The molecule has 0 aromatic heterocycles. The van der Waals surface area contributed by atoms with Crippen LogP contribution in [0, 0.1) is 13.8 Å². The van der Waals surface area contributed by atoms with E-state index in [0.717, 1.165) is 11.3 Å². The summed E-state index contributed by atoms with van der Waals surface area (Å²) in [5, 5.41) is 0.716. The molecular formula is C16H17Cl2N. The summed E-state index contributed by atoms with van der Waals surface area (Å²) in [4.78, 5) is 2.16. The van der Waals surface area contributed by atoms with Gasteiger partial charge in [0.25, 0.3) is 0 Å². The summed E-state index contributed by atoms with van der Waals surface area (Å²) in [5.74, 6) is 0.450. The highest BCUT2D eigenvalue weighted by Gasteiger charge is 2.11. The Kier molecular flexibility index (Phi) is 4.38. The summed E-state index contributed by atoms with van der Waals surface area (Å²) in [6.45, 7) is 4.22. The van der Waals surface area contributed by atoms with Crippen LogP contribution in [0.2, 0.25) is 5.02 Å². The molecule has 1 nitrogen and oxygen atoms in total. The summed E-state index contributed by atoms with van der Waals surface area (Å²) in [6.07, 6.45) is 0. The molecule has 3 heteroatoms. The van der Waals surface area contributed by atoms with Gasteiger partial charge < -0.3 is 4.90 Å². The number of alkyl halides is 1. The smallest absolute Gasteiger partial charge is 0.0495 e. The summed E-state index contributed by atoms with van der Waals surface area (Å²) >= 11 is 12.0. The van der Waals surface area contributed by atoms with Crippen LogP contribution < -0.4 is 4.90 Å². The Hall–Kier alpha value is -1.18. The lowest BCUT2D eigenvalue weighted by molar-refractivity contribution is 1.15. The first-order chi connectivity index (χ1) is 9.02. The first-order valence-corrected chi connectivity index (χ1v) is 7.09. The van der Waals surface area contributed by atoms with E-state index in [1.807, 2.05) is 18.2 Å². The van der Waals surface area contributed by atoms with Crippen molar-refractivity contribution >= 4 is 34.6 Å². The summed E-state index contributed by atoms with van der Waals surface area (Å²) in [5.41, 5.74) is 5.82. The van der Waals surface area contributed by atoms with E-state index in [0.29, 0.717) is 10.9 Å². The largest absolute Gasteiger partial charge is 0.344 e. The van der Waals surface area contributed by atoms with Gasteiger partial charge >= 0.3 is 0 Å². The van der Waals surface area contributed by atoms with Crippen LogP contribution >= 0.6 is 23.2 Å². The first kappa shape index (κ1) is 14.2. The van der Waals surface area contributed by atoms with Gasteiger partial charge in [0.05, 0.1) is 0 Å². The van der Waals surface area contributed by atoms with E-state index in [-0.39, 0.29) is 0 Å². The molecule has 0 N–H and O–H groups in total. The van der Waals surface area contributed by atoms with E-state index in [9.17, 15) is 0 Å². The zero-order valence-electron chi connectivity index (χ0n) is 11.4. The zero-order valence-corrected chi connectivity index (χ0v) is 12.9. The molecule has 2 aromatic carbocycles. The summed E-state index contributed by atoms with van der Waals surface area (Å²) < 4.78 is 0. The highest BCUT2D eigenvalue weighted by atomic mass is 35.5. The van der Waals surface area contributed by atoms with E-state index in [1.165, 1.54) is 16.8 Å². The van der Waals surface area contributed by atoms with Gasteiger partial charge in [-0.1, -0.05) is 29.3 Å². The number of hydrogen-bond donors (Lipinski definition) is 0. The fourth-order valence-electron chi connectivity index (χ4n) is 2.30. The van der Waals surface area contributed by atoms with Crippen LogP contribution in [0.5, 0.6) is 0 Å². The predicted molar refractivity (Wildman–Crippen MR) is 85.0 cm³/mol. The second kappa shape index (κ2) is 5.85. The SMILES string of the molecule is Cc1ccc(N(C)c2ccc(Cl)cc2CCl)c(C)c1. The minimum absolute atomic E-state index is 0.450. The monoisotopic (exact) mass is 293 g/mol. The fraction of sp³-hybridized carbons (Fsp3) is 0.250. The summed E-state index contributed by atoms with van der Waals surface area (Å²) in [6, 6.07) is 12.3. The minimum atomic E-state index is 0.450. The quantitative estimate of drug-likeness (QED) is 0.679. The highest BCUT2D eigenvalue weighted by molar-refractivity contribution is 6.30. The van der Waals surface area contributed by atoms with Crippen LogP contribution in [0.1, 0.15) is 16.7 Å². The number of benzene rings is 2. The van der Waals surface area contributed by atoms with Crippen molar-refractivity contribution in [1.29, 1.82) is 0 Å². The van der Waals surface area contributed by atoms with Crippen LogP contribution in [-0.4, -0.2) is 7.05 Å². The lowest BCUT2D eigenvalue weighted by Crippen LogP contribution is -2.12. The standard InChI is InChI=1S/C16H17Cl2N/c1-11-4-6-15(12(2)8-11)19(3)16-7-5-14(18)9-13(16)10-17/h4-9H,10H2,1-3H3. The van der Waals surface area contributed by atoms with Crippen molar-refractivity contribution in [2.24, 2.45) is 0 Å². The molecular weight excluding hydrogens is 277 g/mol. The number of halogens is 2. The van der Waals surface area contributed by atoms with Gasteiger partial charge in [-0.3, -0.25) is 0 Å². The molecule has 0 aliphatic heterocycles. The van der Waals surface area contributed by atoms with E-state index < -0.39 is 0 Å². The molecule has 0 atom stereocenters. The van der Waals surface area contributed by atoms with Crippen molar-refractivity contribution in [2.75, 3.05) is 11.9 Å². The molecule has 2 aromatic rings. The fourth-order valence-corrected chi connectivity index (χ4v) is 2.71. The summed E-state index contributed by atoms with van der Waals surface area (Å²) in [7, 11) is 2.05. The Morgan fingerprint density at radius 1 is 1.00 bits per heavy atom. The molecule has 0 fully saturated rings. The molecule has 0 radical (unpaired) electrons. The van der Waals surface area contributed by atoms with E-state index in [1.54, 1.807) is 0 Å². The molecule has 100 valence electrons. The highest BCUT2D eigenvalue weighted by Crippen LogP contribution is 2.32. The van der Waals surface area contributed by atoms with Crippen molar-refractivity contribution in [3.05, 3.63) is 58.1 Å². The lowest BCUT2D eigenvalue weighted by atomic mass is 10.1. The van der Waals surface area contributed by atoms with Crippen LogP contribution in [-0.2, 0) is 5.88 Å². The third-order valence-corrected chi connectivity index (χ3v) is 3.78. The average Bonchev–Trinajstić information content (AvgIpc) is 2.37. The molecule has 0 unspecified atom stereocenters. The zero-order chi connectivity index (χ0) is 14.0. The van der Waals surface area contributed by atoms with E-state index in [2.05, 4.69) is 44.0 Å². The van der Waals surface area contributed by atoms with Gasteiger partial charge in [-0.05, 0) is 49.2 Å². The molecule has 0 amide bonds. The molecule has 0 saturated carbocycles. The predicted octanol–water partition coefficient (Wildman–Crippen LogP) is 5.46. The van der Waals surface area contributed by atoms with E-state index in [4.69, 9.17) is 23.2 Å². The van der Waals surface area contributed by atoms with Crippen molar-refractivity contribution < 1.29 is 0 Å². The van der Waals surface area contributed by atoms with Crippen LogP contribution in [0.3, 0.4) is 0 Å². The Balaban J connectivity index is 2.46. The molecule has 2 rings (SSSR count). The van der Waals surface area contributed by atoms with Gasteiger partial charge in [-0.25, -0.2) is 0 Å². The van der Waals surface area contributed by atoms with Gasteiger partial charge in [-0.2, -0.15) is 0 Å². The minimum Gasteiger partial charge on any atom is -0.344 e. The normalized spacial score (nSPS) is 10.6. The maximum Gasteiger partial charge on any atom is 0.0495 e. The Labute approximate surface area is 124 Å². The van der Waals surface area contributed by atoms with Gasteiger partial charge in [0.2, 0.25) is 0 Å². The molecule has 0 saturated heterocycles. The topological polar surface area (TPSA) is 3.24 Å².